The number of esters is 1. The van der Waals surface area contributed by atoms with Gasteiger partial charge in [0, 0.05) is 6.42 Å². The van der Waals surface area contributed by atoms with Crippen molar-refractivity contribution in [2.75, 3.05) is 13.1 Å². The third-order valence-electron chi connectivity index (χ3n) is 3.53. The van der Waals surface area contributed by atoms with Crippen LogP contribution >= 0.6 is 0 Å². The van der Waals surface area contributed by atoms with Crippen LogP contribution in [0.3, 0.4) is 0 Å². The van der Waals surface area contributed by atoms with Gasteiger partial charge in [-0.1, -0.05) is 79.8 Å². The van der Waals surface area contributed by atoms with Gasteiger partial charge >= 0.3 is 5.97 Å². The van der Waals surface area contributed by atoms with Crippen molar-refractivity contribution in [3.63, 3.8) is 0 Å². The Labute approximate surface area is 183 Å². The van der Waals surface area contributed by atoms with E-state index in [1.54, 1.807) is 6.08 Å². The molecule has 0 unspecified atom stereocenters. The van der Waals surface area contributed by atoms with Crippen LogP contribution in [0.4, 0.5) is 0 Å². The van der Waals surface area contributed by atoms with E-state index >= 15 is 0 Å². The van der Waals surface area contributed by atoms with Crippen LogP contribution in [0.1, 0.15) is 65.1 Å². The molecule has 0 aliphatic rings. The summed E-state index contributed by atoms with van der Waals surface area (Å²) < 4.78 is 40.3. The third-order valence-corrected chi connectivity index (χ3v) is 3.53. The number of allylic oxidation sites excluding steroid dienone is 12. The van der Waals surface area contributed by atoms with Crippen molar-refractivity contribution in [2.24, 2.45) is 0 Å². The van der Waals surface area contributed by atoms with E-state index in [9.17, 15) is 15.0 Å². The quantitative estimate of drug-likeness (QED) is 0.252. The van der Waals surface area contributed by atoms with Crippen LogP contribution in [-0.2, 0) is 9.53 Å². The summed E-state index contributed by atoms with van der Waals surface area (Å²) in [6.07, 6.45) is 26.5. The molecule has 0 atom stereocenters. The van der Waals surface area contributed by atoms with E-state index in [1.807, 2.05) is 18.2 Å². The van der Waals surface area contributed by atoms with Crippen molar-refractivity contribution < 1.29 is 26.6 Å². The minimum absolute atomic E-state index is 0.225. The second-order valence-electron chi connectivity index (χ2n) is 5.98. The topological polar surface area (TPSA) is 66.8 Å². The van der Waals surface area contributed by atoms with Crippen molar-refractivity contribution in [2.45, 2.75) is 64.4 Å². The largest absolute Gasteiger partial charge is 0.457 e. The van der Waals surface area contributed by atoms with Gasteiger partial charge < -0.3 is 14.9 Å². The summed E-state index contributed by atoms with van der Waals surface area (Å²) >= 11 is 0. The van der Waals surface area contributed by atoms with E-state index < -0.39 is 25.2 Å². The van der Waals surface area contributed by atoms with E-state index in [0.29, 0.717) is 6.42 Å². The molecule has 0 saturated carbocycles. The molecule has 0 bridgehead atoms. The van der Waals surface area contributed by atoms with Gasteiger partial charge in [0.25, 0.3) is 0 Å². The summed E-state index contributed by atoms with van der Waals surface area (Å²) in [6.45, 7) is -5.05. The molecule has 0 rings (SSSR count). The Morgan fingerprint density at radius 1 is 0.793 bits per heavy atom. The standard InChI is InChI=1S/C25H38O4/c1-2-3-4-5-6-7-8-9-10-11-12-13-14-15-16-17-18-19-20-21-25(28)29-24(22-26)23-27/h3-4,6-7,9-10,12-13,15-16,18-19,24,26-27H,2,5,8,11,14,17,20-23H2,1H3/b4-3-,7-6-,10-9-,13-12-,16-15-,19-18-/i22D2,23D2,24D. The van der Waals surface area contributed by atoms with Crippen LogP contribution in [0.15, 0.2) is 72.9 Å². The molecule has 0 aromatic rings. The van der Waals surface area contributed by atoms with Crippen molar-refractivity contribution >= 4 is 5.97 Å². The van der Waals surface area contributed by atoms with Crippen LogP contribution in [0.25, 0.3) is 0 Å². The third kappa shape index (κ3) is 20.4. The minimum Gasteiger partial charge on any atom is -0.457 e. The fourth-order valence-electron chi connectivity index (χ4n) is 2.08. The molecule has 4 heteroatoms. The van der Waals surface area contributed by atoms with E-state index in [4.69, 9.17) is 6.85 Å². The fourth-order valence-corrected chi connectivity index (χ4v) is 2.08. The smallest absolute Gasteiger partial charge is 0.306 e. The first-order valence-electron chi connectivity index (χ1n) is 12.5. The molecule has 4 nitrogen and oxygen atoms in total. The van der Waals surface area contributed by atoms with Crippen LogP contribution < -0.4 is 0 Å². The lowest BCUT2D eigenvalue weighted by Crippen LogP contribution is -2.25. The molecule has 0 radical (unpaired) electrons. The average Bonchev–Trinajstić information content (AvgIpc) is 2.73. The lowest BCUT2D eigenvalue weighted by molar-refractivity contribution is -0.153. The Bertz CT molecular complexity index is 727. The highest BCUT2D eigenvalue weighted by atomic mass is 16.6. The highest BCUT2D eigenvalue weighted by Gasteiger charge is 2.10. The van der Waals surface area contributed by atoms with Crippen molar-refractivity contribution in [3.05, 3.63) is 72.9 Å². The van der Waals surface area contributed by atoms with Gasteiger partial charge in [0.15, 0.2) is 0 Å². The molecule has 0 saturated heterocycles. The molecular formula is C25H38O4. The highest BCUT2D eigenvalue weighted by Crippen LogP contribution is 2.00. The molecule has 0 fully saturated rings. The van der Waals surface area contributed by atoms with Gasteiger partial charge in [0.05, 0.1) is 20.0 Å². The Balaban J connectivity index is 4.04. The first-order valence-corrected chi connectivity index (χ1v) is 10.0. The molecule has 0 aliphatic heterocycles. The Morgan fingerprint density at radius 3 is 1.55 bits per heavy atom. The lowest BCUT2D eigenvalue weighted by atomic mass is 10.2. The zero-order chi connectivity index (χ0) is 25.9. The molecule has 29 heavy (non-hydrogen) atoms. The molecule has 162 valence electrons. The predicted octanol–water partition coefficient (Wildman–Crippen LogP) is 5.36. The Kier molecular flexibility index (Phi) is 14.4. The Morgan fingerprint density at radius 2 is 1.17 bits per heavy atom. The van der Waals surface area contributed by atoms with Gasteiger partial charge in [-0.15, -0.1) is 0 Å². The van der Waals surface area contributed by atoms with Crippen LogP contribution in [0.5, 0.6) is 0 Å². The predicted molar refractivity (Wildman–Crippen MR) is 122 cm³/mol. The SMILES string of the molecule is [2H]C([2H])(O)C([2H])(OC(=O)CC/C=C\C/C=C\C/C=C\C/C=C\C/C=C\C/C=C\CC)C([2H])([2H])O. The number of ether oxygens (including phenoxy) is 1. The summed E-state index contributed by atoms with van der Waals surface area (Å²) in [5, 5.41) is 18.6. The van der Waals surface area contributed by atoms with E-state index in [0.717, 1.165) is 32.1 Å². The number of hydrogen-bond donors (Lipinski definition) is 2. The second kappa shape index (κ2) is 22.1. The maximum atomic E-state index is 11.8. The molecule has 0 heterocycles. The molecule has 0 aromatic heterocycles. The maximum absolute atomic E-state index is 11.8. The summed E-state index contributed by atoms with van der Waals surface area (Å²) in [5.41, 5.74) is 0. The number of aliphatic hydroxyl groups is 2. The van der Waals surface area contributed by atoms with E-state index in [1.165, 1.54) is 0 Å². The summed E-state index contributed by atoms with van der Waals surface area (Å²) in [6, 6.07) is 0. The van der Waals surface area contributed by atoms with Crippen molar-refractivity contribution in [1.29, 1.82) is 0 Å². The summed E-state index contributed by atoms with van der Waals surface area (Å²) in [4.78, 5) is 11.8. The average molecular weight is 408 g/mol. The first-order chi connectivity index (χ1) is 16.0. The maximum Gasteiger partial charge on any atom is 0.306 e. The van der Waals surface area contributed by atoms with Gasteiger partial charge in [-0.25, -0.2) is 0 Å². The van der Waals surface area contributed by atoms with Crippen LogP contribution in [0.2, 0.25) is 0 Å². The zero-order valence-corrected chi connectivity index (χ0v) is 17.3. The van der Waals surface area contributed by atoms with Gasteiger partial charge in [-0.05, 0) is 44.9 Å². The van der Waals surface area contributed by atoms with E-state index in [2.05, 4.69) is 60.3 Å². The van der Waals surface area contributed by atoms with Gasteiger partial charge in [0.2, 0.25) is 0 Å². The first kappa shape index (κ1) is 18.8. The van der Waals surface area contributed by atoms with Crippen molar-refractivity contribution in [3.8, 4) is 0 Å². The van der Waals surface area contributed by atoms with Crippen molar-refractivity contribution in [1.82, 2.24) is 0 Å². The molecule has 0 spiro atoms. The zero-order valence-electron chi connectivity index (χ0n) is 22.3. The van der Waals surface area contributed by atoms with Gasteiger partial charge in [-0.2, -0.15) is 0 Å². The fraction of sp³-hybridized carbons (Fsp3) is 0.480. The minimum atomic E-state index is -3.59. The number of rotatable bonds is 17. The monoisotopic (exact) mass is 407 g/mol. The molecule has 0 amide bonds. The molecule has 0 aliphatic carbocycles. The van der Waals surface area contributed by atoms with Gasteiger partial charge in [-0.3, -0.25) is 4.79 Å². The van der Waals surface area contributed by atoms with Crippen LogP contribution in [0, 0.1) is 0 Å². The second-order valence-corrected chi connectivity index (χ2v) is 5.98. The highest BCUT2D eigenvalue weighted by molar-refractivity contribution is 5.69. The van der Waals surface area contributed by atoms with E-state index in [-0.39, 0.29) is 12.8 Å². The van der Waals surface area contributed by atoms with Crippen LogP contribution in [-0.4, -0.2) is 35.4 Å². The summed E-state index contributed by atoms with van der Waals surface area (Å²) in [5.74, 6) is -1.11. The molecule has 2 N–H and O–H groups in total. The summed E-state index contributed by atoms with van der Waals surface area (Å²) in [7, 11) is 0. The molecular weight excluding hydrogens is 364 g/mol. The number of carbonyl (C=O) groups is 1. The number of hydrogen-bond acceptors (Lipinski definition) is 4. The molecule has 0 aromatic carbocycles. The normalized spacial score (nSPS) is 16.9. The number of carbonyl (C=O) groups excluding carboxylic acids is 1. The van der Waals surface area contributed by atoms with Gasteiger partial charge in [0.1, 0.15) is 6.08 Å². The lowest BCUT2D eigenvalue weighted by Gasteiger charge is -2.11. The Hall–Kier alpha value is -2.17.